The van der Waals surface area contributed by atoms with Gasteiger partial charge in [0.05, 0.1) is 0 Å². The smallest absolute Gasteiger partial charge is 0.272 e. The molecule has 0 bridgehead atoms. The van der Waals surface area contributed by atoms with Gasteiger partial charge in [-0.1, -0.05) is 0 Å². The SMILES string of the molecule is CCn1c(C(F)(F)F)nn(C)c1=O. The fraction of sp³-hybridized carbons (Fsp3) is 0.667. The molecule has 0 unspecified atom stereocenters. The van der Waals surface area contributed by atoms with Gasteiger partial charge in [-0.2, -0.15) is 13.2 Å². The molecule has 0 atom stereocenters. The van der Waals surface area contributed by atoms with E-state index in [1.165, 1.54) is 14.0 Å². The van der Waals surface area contributed by atoms with Crippen LogP contribution in [-0.4, -0.2) is 14.3 Å². The van der Waals surface area contributed by atoms with Crippen LogP contribution >= 0.6 is 0 Å². The first kappa shape index (κ1) is 9.82. The molecule has 0 amide bonds. The van der Waals surface area contributed by atoms with E-state index in [1.54, 1.807) is 0 Å². The minimum atomic E-state index is -4.57. The summed E-state index contributed by atoms with van der Waals surface area (Å²) in [5, 5.41) is 3.09. The van der Waals surface area contributed by atoms with Crippen LogP contribution in [0.15, 0.2) is 4.79 Å². The summed E-state index contributed by atoms with van der Waals surface area (Å²) in [5.41, 5.74) is -0.755. The first-order chi connectivity index (χ1) is 5.88. The van der Waals surface area contributed by atoms with Crippen LogP contribution < -0.4 is 5.69 Å². The summed E-state index contributed by atoms with van der Waals surface area (Å²) < 4.78 is 37.8. The van der Waals surface area contributed by atoms with Gasteiger partial charge in [0.15, 0.2) is 0 Å². The van der Waals surface area contributed by atoms with Crippen molar-refractivity contribution in [3.63, 3.8) is 0 Å². The number of hydrogen-bond acceptors (Lipinski definition) is 2. The fourth-order valence-corrected chi connectivity index (χ4v) is 0.999. The summed E-state index contributed by atoms with van der Waals surface area (Å²) >= 11 is 0. The molecule has 0 saturated carbocycles. The number of nitrogens with zero attached hydrogens (tertiary/aromatic N) is 3. The lowest BCUT2D eigenvalue weighted by Crippen LogP contribution is -2.24. The molecule has 0 spiro atoms. The number of halogens is 3. The molecule has 0 saturated heterocycles. The van der Waals surface area contributed by atoms with Crippen molar-refractivity contribution in [1.29, 1.82) is 0 Å². The first-order valence-corrected chi connectivity index (χ1v) is 3.59. The van der Waals surface area contributed by atoms with Gasteiger partial charge in [0.2, 0.25) is 5.82 Å². The number of aryl methyl sites for hydroxylation is 1. The minimum Gasteiger partial charge on any atom is -0.272 e. The van der Waals surface area contributed by atoms with Gasteiger partial charge >= 0.3 is 11.9 Å². The average Bonchev–Trinajstić information content (AvgIpc) is 2.28. The van der Waals surface area contributed by atoms with E-state index in [0.717, 1.165) is 0 Å². The van der Waals surface area contributed by atoms with Crippen molar-refractivity contribution in [2.24, 2.45) is 7.05 Å². The van der Waals surface area contributed by atoms with Gasteiger partial charge in [-0.25, -0.2) is 9.48 Å². The molecular weight excluding hydrogens is 187 g/mol. The summed E-state index contributed by atoms with van der Waals surface area (Å²) in [6, 6.07) is 0. The Bertz CT molecular complexity index is 362. The Morgan fingerprint density at radius 2 is 2.00 bits per heavy atom. The summed E-state index contributed by atoms with van der Waals surface area (Å²) in [4.78, 5) is 11.0. The predicted octanol–water partition coefficient (Wildman–Crippen LogP) is 0.621. The minimum absolute atomic E-state index is 0.0402. The monoisotopic (exact) mass is 195 g/mol. The van der Waals surface area contributed by atoms with E-state index >= 15 is 0 Å². The molecule has 13 heavy (non-hydrogen) atoms. The van der Waals surface area contributed by atoms with Gasteiger partial charge in [0.25, 0.3) is 0 Å². The molecule has 0 N–H and O–H groups in total. The third-order valence-corrected chi connectivity index (χ3v) is 1.58. The molecule has 0 radical (unpaired) electrons. The zero-order valence-electron chi connectivity index (χ0n) is 7.09. The summed E-state index contributed by atoms with van der Waals surface area (Å²) in [5.74, 6) is -1.15. The van der Waals surface area contributed by atoms with Crippen molar-refractivity contribution in [2.45, 2.75) is 19.6 Å². The van der Waals surface area contributed by atoms with Gasteiger partial charge in [0, 0.05) is 13.6 Å². The van der Waals surface area contributed by atoms with Crippen LogP contribution in [0, 0.1) is 0 Å². The van der Waals surface area contributed by atoms with E-state index in [9.17, 15) is 18.0 Å². The van der Waals surface area contributed by atoms with E-state index < -0.39 is 17.7 Å². The van der Waals surface area contributed by atoms with Gasteiger partial charge in [0.1, 0.15) is 0 Å². The second-order valence-electron chi connectivity index (χ2n) is 2.47. The van der Waals surface area contributed by atoms with Gasteiger partial charge in [-0.3, -0.25) is 4.57 Å². The molecule has 0 aliphatic rings. The second kappa shape index (κ2) is 2.90. The van der Waals surface area contributed by atoms with Crippen molar-refractivity contribution < 1.29 is 13.2 Å². The van der Waals surface area contributed by atoms with Crippen molar-refractivity contribution in [2.75, 3.05) is 0 Å². The van der Waals surface area contributed by atoms with Crippen LogP contribution in [0.2, 0.25) is 0 Å². The molecule has 1 aromatic rings. The maximum atomic E-state index is 12.2. The molecule has 7 heteroatoms. The Labute approximate surface area is 71.6 Å². The quantitative estimate of drug-likeness (QED) is 0.659. The Balaban J connectivity index is 3.39. The maximum absolute atomic E-state index is 12.2. The zero-order chi connectivity index (χ0) is 10.2. The van der Waals surface area contributed by atoms with Crippen LogP contribution in [0.3, 0.4) is 0 Å². The molecule has 0 fully saturated rings. The highest BCUT2D eigenvalue weighted by Crippen LogP contribution is 2.26. The Hall–Kier alpha value is -1.27. The first-order valence-electron chi connectivity index (χ1n) is 3.59. The third-order valence-electron chi connectivity index (χ3n) is 1.58. The molecule has 74 valence electrons. The van der Waals surface area contributed by atoms with Gasteiger partial charge in [-0.15, -0.1) is 5.10 Å². The number of aromatic nitrogens is 3. The van der Waals surface area contributed by atoms with E-state index in [-0.39, 0.29) is 6.54 Å². The van der Waals surface area contributed by atoms with Crippen molar-refractivity contribution in [3.8, 4) is 0 Å². The largest absolute Gasteiger partial charge is 0.451 e. The van der Waals surface area contributed by atoms with Crippen LogP contribution in [0.25, 0.3) is 0 Å². The third kappa shape index (κ3) is 1.58. The van der Waals surface area contributed by atoms with Crippen molar-refractivity contribution in [3.05, 3.63) is 16.3 Å². The summed E-state index contributed by atoms with van der Waals surface area (Å²) in [7, 11) is 1.18. The van der Waals surface area contributed by atoms with Crippen LogP contribution in [0.5, 0.6) is 0 Å². The fourth-order valence-electron chi connectivity index (χ4n) is 0.999. The standard InChI is InChI=1S/C6H8F3N3O/c1-3-12-4(6(7,8)9)10-11(2)5(12)13/h3H2,1-2H3. The highest BCUT2D eigenvalue weighted by molar-refractivity contribution is 4.92. The predicted molar refractivity (Wildman–Crippen MR) is 38.1 cm³/mol. The topological polar surface area (TPSA) is 39.8 Å². The number of alkyl halides is 3. The number of hydrogen-bond donors (Lipinski definition) is 0. The zero-order valence-corrected chi connectivity index (χ0v) is 7.09. The normalized spacial score (nSPS) is 12.1. The van der Waals surface area contributed by atoms with E-state index in [2.05, 4.69) is 5.10 Å². The lowest BCUT2D eigenvalue weighted by Gasteiger charge is -2.04. The maximum Gasteiger partial charge on any atom is 0.451 e. The summed E-state index contributed by atoms with van der Waals surface area (Å²) in [6.07, 6.45) is -4.57. The molecule has 0 aliphatic heterocycles. The van der Waals surface area contributed by atoms with Crippen LogP contribution in [0.1, 0.15) is 12.7 Å². The molecule has 0 aromatic carbocycles. The Kier molecular flexibility index (Phi) is 2.19. The lowest BCUT2D eigenvalue weighted by molar-refractivity contribution is -0.147. The highest BCUT2D eigenvalue weighted by Gasteiger charge is 2.38. The molecule has 0 aliphatic carbocycles. The average molecular weight is 195 g/mol. The van der Waals surface area contributed by atoms with Gasteiger partial charge < -0.3 is 0 Å². The van der Waals surface area contributed by atoms with E-state index in [0.29, 0.717) is 9.25 Å². The molecule has 1 rings (SSSR count). The highest BCUT2D eigenvalue weighted by atomic mass is 19.4. The summed E-state index contributed by atoms with van der Waals surface area (Å²) in [6.45, 7) is 1.42. The van der Waals surface area contributed by atoms with Crippen LogP contribution in [-0.2, 0) is 19.8 Å². The van der Waals surface area contributed by atoms with E-state index in [1.807, 2.05) is 0 Å². The van der Waals surface area contributed by atoms with Gasteiger partial charge in [-0.05, 0) is 6.92 Å². The molecular formula is C6H8F3N3O. The number of rotatable bonds is 1. The Morgan fingerprint density at radius 1 is 1.46 bits per heavy atom. The molecule has 4 nitrogen and oxygen atoms in total. The van der Waals surface area contributed by atoms with E-state index in [4.69, 9.17) is 0 Å². The second-order valence-corrected chi connectivity index (χ2v) is 2.47. The van der Waals surface area contributed by atoms with Crippen molar-refractivity contribution >= 4 is 0 Å². The molecule has 1 heterocycles. The van der Waals surface area contributed by atoms with Crippen molar-refractivity contribution in [1.82, 2.24) is 14.3 Å². The van der Waals surface area contributed by atoms with Crippen LogP contribution in [0.4, 0.5) is 13.2 Å². The lowest BCUT2D eigenvalue weighted by atomic mass is 10.5. The molecule has 1 aromatic heterocycles. The Morgan fingerprint density at radius 3 is 2.31 bits per heavy atom.